The molecular formula is C19H26O2. The molecular weight excluding hydrogens is 260 g/mol. The third kappa shape index (κ3) is 1.84. The van der Waals surface area contributed by atoms with Gasteiger partial charge >= 0.3 is 0 Å². The molecule has 0 bridgehead atoms. The molecule has 3 fully saturated rings. The van der Waals surface area contributed by atoms with Crippen LogP contribution in [0.2, 0.25) is 0 Å². The first kappa shape index (κ1) is 13.8. The Morgan fingerprint density at radius 3 is 2.86 bits per heavy atom. The molecule has 0 aromatic carbocycles. The zero-order valence-electron chi connectivity index (χ0n) is 13.0. The second-order valence-corrected chi connectivity index (χ2v) is 8.11. The van der Waals surface area contributed by atoms with Crippen molar-refractivity contribution >= 4 is 5.78 Å². The van der Waals surface area contributed by atoms with Crippen LogP contribution in [0.15, 0.2) is 23.8 Å². The van der Waals surface area contributed by atoms with Gasteiger partial charge in [0.2, 0.25) is 0 Å². The Kier molecular flexibility index (Phi) is 2.98. The van der Waals surface area contributed by atoms with Gasteiger partial charge in [-0.2, -0.15) is 0 Å². The molecule has 0 amide bonds. The molecule has 0 aliphatic heterocycles. The molecule has 0 radical (unpaired) electrons. The number of hydrogen-bond acceptors (Lipinski definition) is 2. The van der Waals surface area contributed by atoms with Gasteiger partial charge < -0.3 is 5.11 Å². The number of hydrogen-bond donors (Lipinski definition) is 1. The predicted molar refractivity (Wildman–Crippen MR) is 82.6 cm³/mol. The maximum Gasteiger partial charge on any atom is 0.159 e. The largest absolute Gasteiger partial charge is 0.393 e. The van der Waals surface area contributed by atoms with Crippen molar-refractivity contribution in [1.82, 2.24) is 0 Å². The molecule has 2 heteroatoms. The highest BCUT2D eigenvalue weighted by Gasteiger charge is 2.56. The second-order valence-electron chi connectivity index (χ2n) is 8.11. The fourth-order valence-electron chi connectivity index (χ4n) is 6.20. The van der Waals surface area contributed by atoms with Crippen molar-refractivity contribution in [1.29, 1.82) is 0 Å². The molecule has 0 heterocycles. The van der Waals surface area contributed by atoms with E-state index in [2.05, 4.69) is 13.5 Å². The van der Waals surface area contributed by atoms with E-state index in [1.807, 2.05) is 6.08 Å². The van der Waals surface area contributed by atoms with Gasteiger partial charge in [0.1, 0.15) is 0 Å². The molecule has 1 unspecified atom stereocenters. The van der Waals surface area contributed by atoms with Crippen LogP contribution in [-0.4, -0.2) is 17.0 Å². The number of allylic oxidation sites excluding steroid dienone is 2. The van der Waals surface area contributed by atoms with Crippen molar-refractivity contribution in [2.75, 3.05) is 0 Å². The summed E-state index contributed by atoms with van der Waals surface area (Å²) < 4.78 is 0. The molecule has 1 N–H and O–H groups in total. The lowest BCUT2D eigenvalue weighted by Gasteiger charge is -2.53. The minimum absolute atomic E-state index is 0.100. The van der Waals surface area contributed by atoms with E-state index < -0.39 is 0 Å². The summed E-state index contributed by atoms with van der Waals surface area (Å²) in [7, 11) is 0. The van der Waals surface area contributed by atoms with E-state index in [4.69, 9.17) is 0 Å². The highest BCUT2D eigenvalue weighted by molar-refractivity contribution is 5.93. The van der Waals surface area contributed by atoms with Crippen LogP contribution in [0.3, 0.4) is 0 Å². The van der Waals surface area contributed by atoms with Crippen molar-refractivity contribution in [3.05, 3.63) is 23.8 Å². The summed E-state index contributed by atoms with van der Waals surface area (Å²) >= 11 is 0. The van der Waals surface area contributed by atoms with Gasteiger partial charge in [-0.25, -0.2) is 0 Å². The van der Waals surface area contributed by atoms with Crippen molar-refractivity contribution in [2.24, 2.45) is 29.1 Å². The first-order valence-electron chi connectivity index (χ1n) is 8.60. The molecule has 0 spiro atoms. The molecule has 3 saturated carbocycles. The normalized spacial score (nSPS) is 49.2. The quantitative estimate of drug-likeness (QED) is 0.690. The van der Waals surface area contributed by atoms with Crippen LogP contribution in [0.4, 0.5) is 0 Å². The van der Waals surface area contributed by atoms with Crippen molar-refractivity contribution in [3.8, 4) is 0 Å². The first-order chi connectivity index (χ1) is 10.0. The standard InChI is InChI=1S/C19H26O2/c1-11-9-13(20)10-12-3-4-14-15(18(11)12)7-8-19(2)16(14)5-6-17(19)21/h10,14-18,21H,1,3-9H2,2H3/t14-,15+,16+,17-,18?,19+/m1/s1. The lowest BCUT2D eigenvalue weighted by Crippen LogP contribution is -2.47. The Hall–Kier alpha value is -0.890. The number of aliphatic hydroxyl groups excluding tert-OH is 1. The smallest absolute Gasteiger partial charge is 0.159 e. The molecule has 4 aliphatic carbocycles. The molecule has 6 atom stereocenters. The van der Waals surface area contributed by atoms with E-state index in [1.54, 1.807) is 0 Å². The molecule has 114 valence electrons. The van der Waals surface area contributed by atoms with Crippen molar-refractivity contribution in [2.45, 2.75) is 58.0 Å². The topological polar surface area (TPSA) is 37.3 Å². The Morgan fingerprint density at radius 2 is 2.05 bits per heavy atom. The van der Waals surface area contributed by atoms with E-state index in [-0.39, 0.29) is 17.3 Å². The lowest BCUT2D eigenvalue weighted by molar-refractivity contribution is -0.114. The SMILES string of the molecule is C=C1CC(=O)C=C2CC[C@@H]3[C@H](CC[C@]4(C)[C@H](O)CC[C@@H]34)C12. The highest BCUT2D eigenvalue weighted by atomic mass is 16.3. The molecule has 0 aromatic heterocycles. The monoisotopic (exact) mass is 286 g/mol. The number of carbonyl (C=O) groups is 1. The van der Waals surface area contributed by atoms with Crippen molar-refractivity contribution in [3.63, 3.8) is 0 Å². The zero-order chi connectivity index (χ0) is 14.8. The highest BCUT2D eigenvalue weighted by Crippen LogP contribution is 2.62. The summed E-state index contributed by atoms with van der Waals surface area (Å²) in [5.41, 5.74) is 2.67. The van der Waals surface area contributed by atoms with Crippen LogP contribution < -0.4 is 0 Å². The maximum absolute atomic E-state index is 11.8. The molecule has 2 nitrogen and oxygen atoms in total. The van der Waals surface area contributed by atoms with Crippen LogP contribution in [0.5, 0.6) is 0 Å². The van der Waals surface area contributed by atoms with E-state index in [9.17, 15) is 9.90 Å². The summed E-state index contributed by atoms with van der Waals surface area (Å²) in [6.45, 7) is 6.56. The van der Waals surface area contributed by atoms with Gasteiger partial charge in [0.15, 0.2) is 5.78 Å². The van der Waals surface area contributed by atoms with Gasteiger partial charge in [0, 0.05) is 12.3 Å². The second kappa shape index (κ2) is 4.55. The van der Waals surface area contributed by atoms with Crippen LogP contribution in [0, 0.1) is 29.1 Å². The fraction of sp³-hybridized carbons (Fsp3) is 0.737. The Balaban J connectivity index is 1.67. The maximum atomic E-state index is 11.8. The Morgan fingerprint density at radius 1 is 1.24 bits per heavy atom. The predicted octanol–water partition coefficient (Wildman–Crippen LogP) is 3.66. The van der Waals surface area contributed by atoms with Crippen LogP contribution in [0.25, 0.3) is 0 Å². The third-order valence-electron chi connectivity index (χ3n) is 7.22. The molecule has 21 heavy (non-hydrogen) atoms. The third-order valence-corrected chi connectivity index (χ3v) is 7.22. The Labute approximate surface area is 127 Å². The first-order valence-corrected chi connectivity index (χ1v) is 8.60. The van der Waals surface area contributed by atoms with E-state index in [1.165, 1.54) is 24.8 Å². The van der Waals surface area contributed by atoms with Gasteiger partial charge in [0.25, 0.3) is 0 Å². The van der Waals surface area contributed by atoms with E-state index in [0.717, 1.165) is 30.8 Å². The Bertz CT molecular complexity index is 532. The molecule has 4 rings (SSSR count). The fourth-order valence-corrected chi connectivity index (χ4v) is 6.20. The number of carbonyl (C=O) groups excluding carboxylic acids is 1. The van der Waals surface area contributed by atoms with Crippen LogP contribution in [0.1, 0.15) is 51.9 Å². The minimum atomic E-state index is -0.100. The van der Waals surface area contributed by atoms with Gasteiger partial charge in [-0.15, -0.1) is 0 Å². The van der Waals surface area contributed by atoms with Crippen molar-refractivity contribution < 1.29 is 9.90 Å². The summed E-state index contributed by atoms with van der Waals surface area (Å²) in [4.78, 5) is 11.8. The number of aliphatic hydroxyl groups is 1. The number of rotatable bonds is 0. The van der Waals surface area contributed by atoms with E-state index >= 15 is 0 Å². The molecule has 4 aliphatic rings. The zero-order valence-corrected chi connectivity index (χ0v) is 13.0. The lowest BCUT2D eigenvalue weighted by atomic mass is 9.51. The van der Waals surface area contributed by atoms with Gasteiger partial charge in [-0.05, 0) is 67.8 Å². The van der Waals surface area contributed by atoms with E-state index in [0.29, 0.717) is 24.2 Å². The van der Waals surface area contributed by atoms with Gasteiger partial charge in [-0.1, -0.05) is 24.6 Å². The van der Waals surface area contributed by atoms with Gasteiger partial charge in [0.05, 0.1) is 6.10 Å². The van der Waals surface area contributed by atoms with Crippen LogP contribution >= 0.6 is 0 Å². The van der Waals surface area contributed by atoms with Gasteiger partial charge in [-0.3, -0.25) is 4.79 Å². The number of ketones is 1. The molecule has 0 aromatic rings. The summed E-state index contributed by atoms with van der Waals surface area (Å²) in [5, 5.41) is 10.4. The average Bonchev–Trinajstić information content (AvgIpc) is 2.74. The molecule has 0 saturated heterocycles. The minimum Gasteiger partial charge on any atom is -0.393 e. The number of fused-ring (bicyclic) bond motifs is 5. The summed E-state index contributed by atoms with van der Waals surface area (Å²) in [5.74, 6) is 2.80. The average molecular weight is 286 g/mol. The summed E-state index contributed by atoms with van der Waals surface area (Å²) in [6, 6.07) is 0. The van der Waals surface area contributed by atoms with Crippen LogP contribution in [-0.2, 0) is 4.79 Å². The summed E-state index contributed by atoms with van der Waals surface area (Å²) in [6.07, 6.45) is 9.17.